The Kier molecular flexibility index (Phi) is 8.16. The summed E-state index contributed by atoms with van der Waals surface area (Å²) in [4.78, 5) is 2.08. The van der Waals surface area contributed by atoms with Crippen molar-refractivity contribution >= 4 is 23.0 Å². The van der Waals surface area contributed by atoms with Crippen molar-refractivity contribution in [3.05, 3.63) is 77.9 Å². The van der Waals surface area contributed by atoms with Crippen LogP contribution in [0.25, 0.3) is 0 Å². The van der Waals surface area contributed by atoms with Gasteiger partial charge in [-0.1, -0.05) is 30.3 Å². The van der Waals surface area contributed by atoms with Crippen molar-refractivity contribution in [1.29, 1.82) is 0 Å². The second-order valence-electron chi connectivity index (χ2n) is 7.02. The SMILES string of the molecule is COc1ccc(NC(=S)N(Cc2ccccc2)Cc2cc(OC)c(OC)cc2OC)cc1. The normalized spacial score (nSPS) is 10.2. The zero-order valence-corrected chi connectivity index (χ0v) is 19.6. The number of ether oxygens (including phenoxy) is 4. The number of rotatable bonds is 9. The third-order valence-electron chi connectivity index (χ3n) is 4.99. The Labute approximate surface area is 194 Å². The molecule has 3 aromatic carbocycles. The molecular formula is C25H28N2O4S. The van der Waals surface area contributed by atoms with Crippen molar-refractivity contribution in [3.8, 4) is 23.0 Å². The molecule has 168 valence electrons. The van der Waals surface area contributed by atoms with E-state index in [0.29, 0.717) is 35.5 Å². The molecule has 3 aromatic rings. The number of benzene rings is 3. The topological polar surface area (TPSA) is 52.2 Å². The molecule has 0 saturated carbocycles. The molecule has 0 fully saturated rings. The number of anilines is 1. The Hall–Kier alpha value is -3.45. The molecule has 3 rings (SSSR count). The Morgan fingerprint density at radius 1 is 0.750 bits per heavy atom. The van der Waals surface area contributed by atoms with E-state index in [-0.39, 0.29) is 0 Å². The number of hydrogen-bond donors (Lipinski definition) is 1. The summed E-state index contributed by atoms with van der Waals surface area (Å²) in [5, 5.41) is 3.92. The molecule has 0 atom stereocenters. The number of hydrogen-bond acceptors (Lipinski definition) is 5. The van der Waals surface area contributed by atoms with Crippen LogP contribution < -0.4 is 24.3 Å². The van der Waals surface area contributed by atoms with Crippen LogP contribution in [0.2, 0.25) is 0 Å². The van der Waals surface area contributed by atoms with Gasteiger partial charge in [0.2, 0.25) is 0 Å². The van der Waals surface area contributed by atoms with Crippen LogP contribution in [0.1, 0.15) is 11.1 Å². The second-order valence-corrected chi connectivity index (χ2v) is 7.41. The van der Waals surface area contributed by atoms with Crippen molar-refractivity contribution in [2.45, 2.75) is 13.1 Å². The van der Waals surface area contributed by atoms with Gasteiger partial charge in [0.1, 0.15) is 11.5 Å². The van der Waals surface area contributed by atoms with Crippen LogP contribution in [0.5, 0.6) is 23.0 Å². The van der Waals surface area contributed by atoms with Gasteiger partial charge >= 0.3 is 0 Å². The molecule has 0 aliphatic carbocycles. The zero-order chi connectivity index (χ0) is 22.9. The van der Waals surface area contributed by atoms with Crippen LogP contribution in [-0.2, 0) is 13.1 Å². The fraction of sp³-hybridized carbons (Fsp3) is 0.240. The highest BCUT2D eigenvalue weighted by Gasteiger charge is 2.18. The van der Waals surface area contributed by atoms with Crippen LogP contribution in [0, 0.1) is 0 Å². The average Bonchev–Trinajstić information content (AvgIpc) is 2.84. The van der Waals surface area contributed by atoms with Gasteiger partial charge in [-0.15, -0.1) is 0 Å². The van der Waals surface area contributed by atoms with Crippen LogP contribution in [0.15, 0.2) is 66.7 Å². The highest BCUT2D eigenvalue weighted by Crippen LogP contribution is 2.35. The number of nitrogens with one attached hydrogen (secondary N) is 1. The lowest BCUT2D eigenvalue weighted by Crippen LogP contribution is -2.34. The van der Waals surface area contributed by atoms with Gasteiger partial charge in [-0.3, -0.25) is 0 Å². The Balaban J connectivity index is 1.89. The fourth-order valence-corrected chi connectivity index (χ4v) is 3.55. The van der Waals surface area contributed by atoms with Crippen molar-refractivity contribution in [3.63, 3.8) is 0 Å². The van der Waals surface area contributed by atoms with Crippen LogP contribution in [-0.4, -0.2) is 38.5 Å². The predicted octanol–water partition coefficient (Wildman–Crippen LogP) is 5.12. The molecular weight excluding hydrogens is 424 g/mol. The smallest absolute Gasteiger partial charge is 0.174 e. The van der Waals surface area contributed by atoms with Crippen LogP contribution in [0.4, 0.5) is 5.69 Å². The molecule has 0 aliphatic rings. The third-order valence-corrected chi connectivity index (χ3v) is 5.35. The lowest BCUT2D eigenvalue weighted by atomic mass is 10.1. The summed E-state index contributed by atoms with van der Waals surface area (Å²) in [5.41, 5.74) is 2.96. The van der Waals surface area contributed by atoms with Crippen molar-refractivity contribution in [1.82, 2.24) is 4.90 Å². The summed E-state index contributed by atoms with van der Waals surface area (Å²) in [7, 11) is 6.50. The zero-order valence-electron chi connectivity index (χ0n) is 18.8. The predicted molar refractivity (Wildman–Crippen MR) is 131 cm³/mol. The highest BCUT2D eigenvalue weighted by atomic mass is 32.1. The molecule has 7 heteroatoms. The summed E-state index contributed by atoms with van der Waals surface area (Å²) in [6, 6.07) is 21.6. The molecule has 32 heavy (non-hydrogen) atoms. The summed E-state index contributed by atoms with van der Waals surface area (Å²) in [6.07, 6.45) is 0. The molecule has 0 aromatic heterocycles. The van der Waals surface area contributed by atoms with E-state index >= 15 is 0 Å². The van der Waals surface area contributed by atoms with Gasteiger partial charge < -0.3 is 29.2 Å². The quantitative estimate of drug-likeness (QED) is 0.452. The van der Waals surface area contributed by atoms with Gasteiger partial charge in [-0.25, -0.2) is 0 Å². The van der Waals surface area contributed by atoms with Crippen molar-refractivity contribution in [2.24, 2.45) is 0 Å². The molecule has 0 unspecified atom stereocenters. The molecule has 0 saturated heterocycles. The molecule has 6 nitrogen and oxygen atoms in total. The molecule has 0 spiro atoms. The van der Waals surface area contributed by atoms with Gasteiger partial charge in [-0.05, 0) is 48.1 Å². The van der Waals surface area contributed by atoms with Crippen molar-refractivity contribution in [2.75, 3.05) is 33.8 Å². The Bertz CT molecular complexity index is 1030. The van der Waals surface area contributed by atoms with Gasteiger partial charge in [0.15, 0.2) is 16.6 Å². The number of methoxy groups -OCH3 is 4. The standard InChI is InChI=1S/C25H28N2O4S/c1-28-21-12-10-20(11-13-21)26-25(32)27(16-18-8-6-5-7-9-18)17-19-14-23(30-3)24(31-4)15-22(19)29-2/h5-15H,16-17H2,1-4H3,(H,26,32). The number of nitrogens with zero attached hydrogens (tertiary/aromatic N) is 1. The minimum atomic E-state index is 0.514. The molecule has 0 radical (unpaired) electrons. The summed E-state index contributed by atoms with van der Waals surface area (Å²) < 4.78 is 21.8. The molecule has 0 amide bonds. The summed E-state index contributed by atoms with van der Waals surface area (Å²) >= 11 is 5.79. The molecule has 1 N–H and O–H groups in total. The highest BCUT2D eigenvalue weighted by molar-refractivity contribution is 7.80. The number of thiocarbonyl (C=S) groups is 1. The minimum Gasteiger partial charge on any atom is -0.497 e. The first-order valence-electron chi connectivity index (χ1n) is 10.1. The van der Waals surface area contributed by atoms with E-state index in [1.165, 1.54) is 0 Å². The lowest BCUT2D eigenvalue weighted by molar-refractivity contribution is 0.342. The summed E-state index contributed by atoms with van der Waals surface area (Å²) in [5.74, 6) is 2.74. The van der Waals surface area contributed by atoms with E-state index in [1.54, 1.807) is 28.4 Å². The van der Waals surface area contributed by atoms with E-state index in [0.717, 1.165) is 22.6 Å². The van der Waals surface area contributed by atoms with Crippen molar-refractivity contribution < 1.29 is 18.9 Å². The largest absolute Gasteiger partial charge is 0.497 e. The van der Waals surface area contributed by atoms with Gasteiger partial charge in [0.05, 0.1) is 28.4 Å². The average molecular weight is 453 g/mol. The maximum Gasteiger partial charge on any atom is 0.174 e. The first kappa shape index (κ1) is 23.2. The summed E-state index contributed by atoms with van der Waals surface area (Å²) in [6.45, 7) is 1.14. The maximum absolute atomic E-state index is 5.79. The van der Waals surface area contributed by atoms with Gasteiger partial charge in [0.25, 0.3) is 0 Å². The molecule has 0 heterocycles. The monoisotopic (exact) mass is 452 g/mol. The lowest BCUT2D eigenvalue weighted by Gasteiger charge is -2.27. The van der Waals surface area contributed by atoms with Gasteiger partial charge in [-0.2, -0.15) is 0 Å². The molecule has 0 aliphatic heterocycles. The third kappa shape index (κ3) is 5.82. The van der Waals surface area contributed by atoms with Gasteiger partial charge in [0, 0.05) is 30.4 Å². The van der Waals surface area contributed by atoms with E-state index in [9.17, 15) is 0 Å². The molecule has 0 bridgehead atoms. The van der Waals surface area contributed by atoms with E-state index in [4.69, 9.17) is 31.2 Å². The first-order chi connectivity index (χ1) is 15.6. The minimum absolute atomic E-state index is 0.514. The first-order valence-corrected chi connectivity index (χ1v) is 10.5. The van der Waals surface area contributed by atoms with E-state index in [2.05, 4.69) is 22.3 Å². The Morgan fingerprint density at radius 3 is 1.97 bits per heavy atom. The van der Waals surface area contributed by atoms with E-state index in [1.807, 2.05) is 54.6 Å². The fourth-order valence-electron chi connectivity index (χ4n) is 3.30. The second kappa shape index (κ2) is 11.2. The van der Waals surface area contributed by atoms with Crippen LogP contribution >= 0.6 is 12.2 Å². The maximum atomic E-state index is 5.79. The van der Waals surface area contributed by atoms with E-state index < -0.39 is 0 Å². The Morgan fingerprint density at radius 2 is 1.38 bits per heavy atom. The van der Waals surface area contributed by atoms with Crippen LogP contribution in [0.3, 0.4) is 0 Å².